The number of carboxylic acid groups (broad SMARTS) is 1. The Hall–Kier alpha value is -1.97. The first-order chi connectivity index (χ1) is 9.57. The van der Waals surface area contributed by atoms with Crippen molar-refractivity contribution in [3.63, 3.8) is 0 Å². The molecule has 5 nitrogen and oxygen atoms in total. The van der Waals surface area contributed by atoms with Crippen LogP contribution in [0.25, 0.3) is 0 Å². The zero-order valence-electron chi connectivity index (χ0n) is 10.6. The third-order valence-electron chi connectivity index (χ3n) is 3.22. The molecule has 0 radical (unpaired) electrons. The second-order valence-electron chi connectivity index (χ2n) is 4.41. The normalized spacial score (nSPS) is 15.2. The lowest BCUT2D eigenvalue weighted by Gasteiger charge is -2.27. The minimum absolute atomic E-state index is 0.0524. The van der Waals surface area contributed by atoms with Crippen molar-refractivity contribution in [1.82, 2.24) is 4.98 Å². The number of rotatable bonds is 5. The molecule has 2 unspecified atom stereocenters. The van der Waals surface area contributed by atoms with Gasteiger partial charge < -0.3 is 10.00 Å². The lowest BCUT2D eigenvalue weighted by Crippen LogP contribution is -2.34. The average molecular weight is 291 g/mol. The van der Waals surface area contributed by atoms with E-state index in [1.165, 1.54) is 12.4 Å². The van der Waals surface area contributed by atoms with Gasteiger partial charge in [0.05, 0.1) is 0 Å². The van der Waals surface area contributed by atoms with Crippen LogP contribution in [-0.2, 0) is 20.9 Å². The molecule has 0 aliphatic heterocycles. The summed E-state index contributed by atoms with van der Waals surface area (Å²) in [6.07, 6.45) is 3.01. The quantitative estimate of drug-likeness (QED) is 0.823. The Kier molecular flexibility index (Phi) is 4.32. The summed E-state index contributed by atoms with van der Waals surface area (Å²) in [7, 11) is -3.35. The summed E-state index contributed by atoms with van der Waals surface area (Å²) >= 11 is 0. The van der Waals surface area contributed by atoms with Gasteiger partial charge in [-0.15, -0.1) is 0 Å². The molecule has 1 heterocycles. The van der Waals surface area contributed by atoms with Gasteiger partial charge in [-0.2, -0.15) is 0 Å². The molecule has 0 bridgehead atoms. The van der Waals surface area contributed by atoms with Crippen molar-refractivity contribution >= 4 is 14.0 Å². The number of hydrogen-bond acceptors (Lipinski definition) is 3. The number of pyridine rings is 1. The zero-order valence-corrected chi connectivity index (χ0v) is 11.6. The van der Waals surface area contributed by atoms with Crippen LogP contribution in [-0.4, -0.2) is 21.0 Å². The molecule has 0 saturated heterocycles. The van der Waals surface area contributed by atoms with Gasteiger partial charge in [-0.1, -0.05) is 30.3 Å². The minimum Gasteiger partial charge on any atom is -0.480 e. The van der Waals surface area contributed by atoms with E-state index in [1.54, 1.807) is 42.5 Å². The zero-order chi connectivity index (χ0) is 14.6. The molecule has 6 heteroatoms. The molecule has 1 aromatic heterocycles. The molecule has 1 aromatic carbocycles. The second kappa shape index (κ2) is 5.99. The van der Waals surface area contributed by atoms with Crippen molar-refractivity contribution < 1.29 is 19.4 Å². The third kappa shape index (κ3) is 2.64. The highest BCUT2D eigenvalue weighted by Gasteiger charge is 2.45. The molecule has 2 aromatic rings. The Labute approximate surface area is 116 Å². The van der Waals surface area contributed by atoms with E-state index in [1.807, 2.05) is 0 Å². The van der Waals surface area contributed by atoms with E-state index >= 15 is 0 Å². The summed E-state index contributed by atoms with van der Waals surface area (Å²) in [6.45, 7) is 0. The van der Waals surface area contributed by atoms with Crippen molar-refractivity contribution in [2.75, 3.05) is 0 Å². The molecule has 0 fully saturated rings. The fraction of sp³-hybridized carbons (Fsp3) is 0.143. The maximum absolute atomic E-state index is 11.9. The van der Waals surface area contributed by atoms with Crippen LogP contribution in [0.4, 0.5) is 0 Å². The van der Waals surface area contributed by atoms with Crippen LogP contribution in [0.5, 0.6) is 0 Å². The number of carboxylic acids is 1. The van der Waals surface area contributed by atoms with Crippen molar-refractivity contribution in [2.45, 2.75) is 11.6 Å². The highest BCUT2D eigenvalue weighted by molar-refractivity contribution is 7.41. The molecule has 2 atom stereocenters. The first-order valence-electron chi connectivity index (χ1n) is 5.98. The molecule has 104 valence electrons. The van der Waals surface area contributed by atoms with E-state index < -0.39 is 19.2 Å². The molecular formula is C14H14NO4P. The molecule has 20 heavy (non-hydrogen) atoms. The standard InChI is InChI=1S/C14H14NO4P/c16-13(17)14(20(18)19,12-4-2-1-3-5-12)10-11-6-8-15-9-7-11/h1-9,20H,10H2,(H,16,17)(H,18,19). The Morgan fingerprint density at radius 3 is 2.25 bits per heavy atom. The Bertz CT molecular complexity index is 602. The highest BCUT2D eigenvalue weighted by atomic mass is 31.1. The van der Waals surface area contributed by atoms with Crippen LogP contribution in [0.15, 0.2) is 54.9 Å². The third-order valence-corrected chi connectivity index (χ3v) is 4.62. The minimum atomic E-state index is -3.35. The average Bonchev–Trinajstić information content (AvgIpc) is 2.46. The van der Waals surface area contributed by atoms with Crippen LogP contribution in [0.1, 0.15) is 11.1 Å². The second-order valence-corrected chi connectivity index (χ2v) is 5.88. The van der Waals surface area contributed by atoms with Gasteiger partial charge in [0.1, 0.15) is 0 Å². The summed E-state index contributed by atoms with van der Waals surface area (Å²) in [4.78, 5) is 25.3. The lowest BCUT2D eigenvalue weighted by molar-refractivity contribution is -0.140. The summed E-state index contributed by atoms with van der Waals surface area (Å²) in [5.74, 6) is -1.30. The van der Waals surface area contributed by atoms with Crippen molar-refractivity contribution in [1.29, 1.82) is 0 Å². The molecule has 2 rings (SSSR count). The van der Waals surface area contributed by atoms with Crippen LogP contribution < -0.4 is 0 Å². The summed E-state index contributed by atoms with van der Waals surface area (Å²) < 4.78 is 11.9. The van der Waals surface area contributed by atoms with Gasteiger partial charge in [0.2, 0.25) is 8.03 Å². The van der Waals surface area contributed by atoms with Gasteiger partial charge in [0, 0.05) is 18.8 Å². The maximum Gasteiger partial charge on any atom is 0.324 e. The highest BCUT2D eigenvalue weighted by Crippen LogP contribution is 2.47. The first kappa shape index (κ1) is 14.4. The summed E-state index contributed by atoms with van der Waals surface area (Å²) in [5.41, 5.74) is 0.981. The molecule has 0 amide bonds. The van der Waals surface area contributed by atoms with Gasteiger partial charge in [0.25, 0.3) is 0 Å². The van der Waals surface area contributed by atoms with Crippen LogP contribution in [0.3, 0.4) is 0 Å². The van der Waals surface area contributed by atoms with Crippen LogP contribution in [0, 0.1) is 0 Å². The molecule has 0 aliphatic rings. The van der Waals surface area contributed by atoms with Crippen molar-refractivity contribution in [3.8, 4) is 0 Å². The van der Waals surface area contributed by atoms with Gasteiger partial charge in [-0.25, -0.2) is 0 Å². The number of benzene rings is 1. The van der Waals surface area contributed by atoms with Crippen LogP contribution in [0.2, 0.25) is 0 Å². The van der Waals surface area contributed by atoms with Crippen LogP contribution >= 0.6 is 8.03 Å². The van der Waals surface area contributed by atoms with E-state index in [0.29, 0.717) is 11.1 Å². The van der Waals surface area contributed by atoms with E-state index in [2.05, 4.69) is 4.98 Å². The lowest BCUT2D eigenvalue weighted by atomic mass is 9.91. The SMILES string of the molecule is O=C(O)C(Cc1ccncc1)(c1ccccc1)[PH](=O)O. The molecule has 0 spiro atoms. The molecule has 2 N–H and O–H groups in total. The predicted molar refractivity (Wildman–Crippen MR) is 74.9 cm³/mol. The fourth-order valence-electron chi connectivity index (χ4n) is 2.12. The van der Waals surface area contributed by atoms with Gasteiger partial charge >= 0.3 is 5.97 Å². The van der Waals surface area contributed by atoms with E-state index in [9.17, 15) is 19.4 Å². The summed E-state index contributed by atoms with van der Waals surface area (Å²) in [6, 6.07) is 11.5. The number of hydrogen-bond donors (Lipinski definition) is 2. The number of aliphatic carboxylic acids is 1. The molecule has 0 aliphatic carbocycles. The molecular weight excluding hydrogens is 277 g/mol. The fourth-order valence-corrected chi connectivity index (χ4v) is 3.07. The Morgan fingerprint density at radius 1 is 1.15 bits per heavy atom. The number of nitrogens with zero attached hydrogens (tertiary/aromatic N) is 1. The Morgan fingerprint density at radius 2 is 1.75 bits per heavy atom. The smallest absolute Gasteiger partial charge is 0.324 e. The predicted octanol–water partition coefficient (Wildman–Crippen LogP) is 2.07. The Balaban J connectivity index is 2.55. The van der Waals surface area contributed by atoms with Crippen molar-refractivity contribution in [2.24, 2.45) is 0 Å². The summed E-state index contributed by atoms with van der Waals surface area (Å²) in [5, 5.41) is 7.75. The van der Waals surface area contributed by atoms with Gasteiger partial charge in [-0.3, -0.25) is 14.3 Å². The molecule has 0 saturated carbocycles. The topological polar surface area (TPSA) is 87.5 Å². The largest absolute Gasteiger partial charge is 0.480 e. The van der Waals surface area contributed by atoms with E-state index in [-0.39, 0.29) is 6.42 Å². The first-order valence-corrected chi connectivity index (χ1v) is 7.34. The van der Waals surface area contributed by atoms with Gasteiger partial charge in [-0.05, 0) is 23.3 Å². The maximum atomic E-state index is 11.9. The number of aromatic nitrogens is 1. The van der Waals surface area contributed by atoms with E-state index in [4.69, 9.17) is 0 Å². The van der Waals surface area contributed by atoms with Gasteiger partial charge in [0.15, 0.2) is 5.16 Å². The number of carbonyl (C=O) groups is 1. The van der Waals surface area contributed by atoms with Crippen molar-refractivity contribution in [3.05, 3.63) is 66.0 Å². The van der Waals surface area contributed by atoms with E-state index in [0.717, 1.165) is 0 Å². The monoisotopic (exact) mass is 291 g/mol.